The van der Waals surface area contributed by atoms with E-state index in [-0.39, 0.29) is 0 Å². The summed E-state index contributed by atoms with van der Waals surface area (Å²) in [5.41, 5.74) is -1.36. The lowest BCUT2D eigenvalue weighted by molar-refractivity contribution is -0.289. The zero-order valence-electron chi connectivity index (χ0n) is 8.76. The maximum Gasteiger partial charge on any atom is 0.778 e. The van der Waals surface area contributed by atoms with Gasteiger partial charge >= 0.3 is 19.4 Å². The molecule has 0 aliphatic heterocycles. The first-order chi connectivity index (χ1) is 8.72. The van der Waals surface area contributed by atoms with Gasteiger partial charge in [0.1, 0.15) is 5.75 Å². The molecule has 0 amide bonds. The van der Waals surface area contributed by atoms with Gasteiger partial charge in [-0.3, -0.25) is 0 Å². The number of rotatable bonds is 5. The normalized spacial score (nSPS) is 12.4. The largest absolute Gasteiger partial charge is 0.778 e. The molecule has 0 aliphatic carbocycles. The van der Waals surface area contributed by atoms with Gasteiger partial charge in [-0.25, -0.2) is 0 Å². The summed E-state index contributed by atoms with van der Waals surface area (Å²) >= 11 is 0. The van der Waals surface area contributed by atoms with Crippen molar-refractivity contribution in [2.75, 3.05) is 0 Å². The summed E-state index contributed by atoms with van der Waals surface area (Å²) in [5, 5.41) is 0. The summed E-state index contributed by atoms with van der Waals surface area (Å²) in [4.78, 5) is 5.62. The highest BCUT2D eigenvalue weighted by molar-refractivity contribution is 6.36. The molecule has 0 saturated carbocycles. The van der Waals surface area contributed by atoms with E-state index in [2.05, 4.69) is 14.4 Å². The highest BCUT2D eigenvalue weighted by Crippen LogP contribution is 2.44. The molecule has 0 atom stereocenters. The third-order valence-corrected chi connectivity index (χ3v) is 1.95. The molecule has 0 aromatic heterocycles. The van der Waals surface area contributed by atoms with Gasteiger partial charge in [-0.15, -0.1) is 0 Å². The lowest BCUT2D eigenvalue weighted by Gasteiger charge is -2.20. The Kier molecular flexibility index (Phi) is 4.63. The molecule has 0 N–H and O–H groups in total. The van der Waals surface area contributed by atoms with Crippen molar-refractivity contribution < 1.29 is 45.4 Å². The summed E-state index contributed by atoms with van der Waals surface area (Å²) in [7, 11) is -2.41. The van der Waals surface area contributed by atoms with Crippen LogP contribution in [0.3, 0.4) is 0 Å². The fraction of sp³-hybridized carbons (Fsp3) is 0.250. The molecule has 0 bridgehead atoms. The molecule has 0 spiro atoms. The van der Waals surface area contributed by atoms with Crippen LogP contribution in [0.2, 0.25) is 0 Å². The van der Waals surface area contributed by atoms with Crippen LogP contribution in [0.1, 0.15) is 5.56 Å². The van der Waals surface area contributed by atoms with E-state index in [0.717, 1.165) is 0 Å². The predicted molar refractivity (Wildman–Crippen MR) is 47.2 cm³/mol. The maximum atomic E-state index is 12.9. The molecule has 0 unspecified atom stereocenters. The smallest absolute Gasteiger partial charge is 0.509 e. The van der Waals surface area contributed by atoms with E-state index in [0.29, 0.717) is 24.3 Å². The average molecular weight is 292 g/mol. The quantitative estimate of drug-likeness (QED) is 0.614. The Balaban J connectivity index is 2.88. The minimum Gasteiger partial charge on any atom is -0.509 e. The summed E-state index contributed by atoms with van der Waals surface area (Å²) in [6, 6.07) is 2.05. The van der Waals surface area contributed by atoms with Crippen molar-refractivity contribution in [3.8, 4) is 5.75 Å². The Labute approximate surface area is 101 Å². The second-order valence-electron chi connectivity index (χ2n) is 3.18. The Bertz CT molecular complexity index is 404. The molecular weight excluding hydrogens is 288 g/mol. The Hall–Kier alpha value is -1.49. The lowest BCUT2D eigenvalue weighted by Crippen LogP contribution is -2.33. The minimum absolute atomic E-state index is 0.385. The van der Waals surface area contributed by atoms with Crippen molar-refractivity contribution in [1.82, 2.24) is 0 Å². The molecule has 1 aromatic carbocycles. The monoisotopic (exact) mass is 292 g/mol. The van der Waals surface area contributed by atoms with Crippen LogP contribution in [0.25, 0.3) is 0 Å². The molecule has 106 valence electrons. The van der Waals surface area contributed by atoms with E-state index < -0.39 is 30.7 Å². The molecule has 1 aromatic rings. The van der Waals surface area contributed by atoms with Crippen LogP contribution >= 0.6 is 0 Å². The second kappa shape index (κ2) is 5.65. The first-order valence-corrected chi connectivity index (χ1v) is 4.49. The summed E-state index contributed by atoms with van der Waals surface area (Å²) in [5.74, 6) is -5.50. The van der Waals surface area contributed by atoms with Gasteiger partial charge in [-0.1, -0.05) is 9.05 Å². The number of alkyl halides is 5. The highest BCUT2D eigenvalue weighted by atomic mass is 19.4. The molecule has 0 fully saturated rings. The van der Waals surface area contributed by atoms with Gasteiger partial charge in [0.15, 0.2) is 0 Å². The molecule has 0 heterocycles. The third kappa shape index (κ3) is 3.50. The molecule has 3 nitrogen and oxygen atoms in total. The van der Waals surface area contributed by atoms with Crippen molar-refractivity contribution in [2.45, 2.75) is 12.1 Å². The molecular formula is C8H4BF7O3. The summed E-state index contributed by atoms with van der Waals surface area (Å²) in [6.45, 7) is 0. The van der Waals surface area contributed by atoms with Crippen molar-refractivity contribution in [2.24, 2.45) is 0 Å². The van der Waals surface area contributed by atoms with Crippen molar-refractivity contribution in [3.63, 3.8) is 0 Å². The molecule has 0 radical (unpaired) electrons. The minimum atomic E-state index is -5.76. The van der Waals surface area contributed by atoms with Crippen LogP contribution in [-0.4, -0.2) is 13.5 Å². The van der Waals surface area contributed by atoms with Crippen LogP contribution < -0.4 is 4.65 Å². The summed E-state index contributed by atoms with van der Waals surface area (Å²) in [6.07, 6.45) is -5.76. The lowest BCUT2D eigenvalue weighted by atomic mass is 10.1. The number of halogens is 7. The highest BCUT2D eigenvalue weighted by Gasteiger charge is 2.58. The zero-order valence-corrected chi connectivity index (χ0v) is 8.76. The van der Waals surface area contributed by atoms with Crippen molar-refractivity contribution >= 4 is 7.32 Å². The van der Waals surface area contributed by atoms with Gasteiger partial charge in [0.2, 0.25) is 0 Å². The van der Waals surface area contributed by atoms with Gasteiger partial charge in [-0.2, -0.15) is 31.7 Å². The molecule has 0 aliphatic rings. The van der Waals surface area contributed by atoms with Crippen molar-refractivity contribution in [1.29, 1.82) is 0 Å². The van der Waals surface area contributed by atoms with E-state index in [1.54, 1.807) is 0 Å². The molecule has 11 heteroatoms. The first kappa shape index (κ1) is 15.6. The number of benzene rings is 1. The Morgan fingerprint density at radius 2 is 1.32 bits per heavy atom. The fourth-order valence-electron chi connectivity index (χ4n) is 1.07. The SMILES string of the molecule is FOB(OF)Oc1ccc(C(F)(F)C(F)(F)F)cc1. The van der Waals surface area contributed by atoms with Gasteiger partial charge in [0.05, 0.1) is 0 Å². The Morgan fingerprint density at radius 1 is 0.842 bits per heavy atom. The van der Waals surface area contributed by atoms with Crippen LogP contribution in [-0.2, 0) is 15.6 Å². The second-order valence-corrected chi connectivity index (χ2v) is 3.18. The third-order valence-electron chi connectivity index (χ3n) is 1.95. The maximum absolute atomic E-state index is 12.9. The first-order valence-electron chi connectivity index (χ1n) is 4.49. The van der Waals surface area contributed by atoms with E-state index in [1.165, 1.54) is 0 Å². The number of hydrogen-bond acceptors (Lipinski definition) is 3. The van der Waals surface area contributed by atoms with E-state index >= 15 is 0 Å². The molecule has 1 rings (SSSR count). The molecule has 19 heavy (non-hydrogen) atoms. The van der Waals surface area contributed by atoms with Gasteiger partial charge in [0.25, 0.3) is 0 Å². The standard InChI is InChI=1S/C8H4BF7O3/c10-7(11,8(12,13)14)5-1-3-6(4-2-5)17-9(18-15)19-16/h1-4H. The van der Waals surface area contributed by atoms with Gasteiger partial charge in [-0.05, 0) is 24.3 Å². The van der Waals surface area contributed by atoms with Crippen LogP contribution in [0.4, 0.5) is 31.0 Å². The van der Waals surface area contributed by atoms with Crippen molar-refractivity contribution in [3.05, 3.63) is 29.8 Å². The predicted octanol–water partition coefficient (Wildman–Crippen LogP) is 3.51. The summed E-state index contributed by atoms with van der Waals surface area (Å²) < 4.78 is 89.0. The van der Waals surface area contributed by atoms with Gasteiger partial charge < -0.3 is 4.65 Å². The van der Waals surface area contributed by atoms with Gasteiger partial charge in [0, 0.05) is 5.56 Å². The number of hydrogen-bond donors (Lipinski definition) is 0. The fourth-order valence-corrected chi connectivity index (χ4v) is 1.07. The van der Waals surface area contributed by atoms with Crippen LogP contribution in [0, 0.1) is 0 Å². The topological polar surface area (TPSA) is 27.7 Å². The van der Waals surface area contributed by atoms with Crippen LogP contribution in [0.5, 0.6) is 5.75 Å². The zero-order chi connectivity index (χ0) is 14.7. The molecule has 0 saturated heterocycles. The van der Waals surface area contributed by atoms with E-state index in [4.69, 9.17) is 0 Å². The van der Waals surface area contributed by atoms with Crippen LogP contribution in [0.15, 0.2) is 24.3 Å². The van der Waals surface area contributed by atoms with E-state index in [9.17, 15) is 31.0 Å². The average Bonchev–Trinajstić information content (AvgIpc) is 2.35. The van der Waals surface area contributed by atoms with E-state index in [1.807, 2.05) is 0 Å². The Morgan fingerprint density at radius 3 is 1.68 bits per heavy atom.